The number of hydrogen-bond acceptors (Lipinski definition) is 5. The fraction of sp³-hybridized carbons (Fsp3) is 0.905. The summed E-state index contributed by atoms with van der Waals surface area (Å²) in [4.78, 5) is 24.1. The summed E-state index contributed by atoms with van der Waals surface area (Å²) in [5.74, 6) is -0.416. The normalized spacial score (nSPS) is 21.8. The lowest BCUT2D eigenvalue weighted by Crippen LogP contribution is -2.48. The molecule has 1 aliphatic heterocycles. The van der Waals surface area contributed by atoms with E-state index in [9.17, 15) is 9.59 Å². The second-order valence-electron chi connectivity index (χ2n) is 7.99. The first-order chi connectivity index (χ1) is 12.4. The summed E-state index contributed by atoms with van der Waals surface area (Å²) >= 11 is 0. The van der Waals surface area contributed by atoms with E-state index in [1.54, 1.807) is 0 Å². The van der Waals surface area contributed by atoms with Crippen LogP contribution in [0.2, 0.25) is 0 Å². The van der Waals surface area contributed by atoms with Gasteiger partial charge in [-0.05, 0) is 25.2 Å². The van der Waals surface area contributed by atoms with Gasteiger partial charge in [0.15, 0.2) is 0 Å². The van der Waals surface area contributed by atoms with Gasteiger partial charge in [-0.25, -0.2) is 0 Å². The van der Waals surface area contributed by atoms with E-state index in [-0.39, 0.29) is 36.0 Å². The van der Waals surface area contributed by atoms with Gasteiger partial charge in [0.05, 0.1) is 5.92 Å². The lowest BCUT2D eigenvalue weighted by atomic mass is 9.86. The predicted octanol–water partition coefficient (Wildman–Crippen LogP) is 4.36. The Balaban J connectivity index is 2.54. The van der Waals surface area contributed by atoms with E-state index < -0.39 is 6.04 Å². The highest BCUT2D eigenvalue weighted by molar-refractivity contribution is 5.78. The molecule has 1 fully saturated rings. The number of carbonyl (C=O) groups is 2. The Morgan fingerprint density at radius 2 is 1.77 bits per heavy atom. The highest BCUT2D eigenvalue weighted by Gasteiger charge is 2.43. The van der Waals surface area contributed by atoms with Gasteiger partial charge >= 0.3 is 11.9 Å². The van der Waals surface area contributed by atoms with E-state index in [4.69, 9.17) is 15.2 Å². The molecule has 1 unspecified atom stereocenters. The van der Waals surface area contributed by atoms with Gasteiger partial charge in [-0.1, -0.05) is 66.2 Å². The molecule has 0 aromatic heterocycles. The van der Waals surface area contributed by atoms with Crippen LogP contribution in [0.5, 0.6) is 0 Å². The van der Waals surface area contributed by atoms with Crippen molar-refractivity contribution in [2.45, 2.75) is 110 Å². The smallest absolute Gasteiger partial charge is 0.323 e. The number of rotatable bonds is 14. The minimum Gasteiger partial charge on any atom is -0.461 e. The molecule has 26 heavy (non-hydrogen) atoms. The molecule has 5 heteroatoms. The van der Waals surface area contributed by atoms with E-state index in [0.717, 1.165) is 44.9 Å². The maximum Gasteiger partial charge on any atom is 0.323 e. The van der Waals surface area contributed by atoms with E-state index in [1.807, 2.05) is 13.8 Å². The molecular weight excluding hydrogens is 330 g/mol. The highest BCUT2D eigenvalue weighted by atomic mass is 16.6. The minimum absolute atomic E-state index is 0.0296. The third kappa shape index (κ3) is 7.65. The quantitative estimate of drug-likeness (QED) is 0.363. The van der Waals surface area contributed by atoms with E-state index in [0.29, 0.717) is 6.42 Å². The summed E-state index contributed by atoms with van der Waals surface area (Å²) in [7, 11) is 0. The van der Waals surface area contributed by atoms with Crippen LogP contribution < -0.4 is 5.73 Å². The molecule has 152 valence electrons. The zero-order valence-corrected chi connectivity index (χ0v) is 17.2. The monoisotopic (exact) mass is 369 g/mol. The second-order valence-corrected chi connectivity index (χ2v) is 7.99. The molecule has 0 bridgehead atoms. The maximum atomic E-state index is 12.3. The molecule has 0 amide bonds. The largest absolute Gasteiger partial charge is 0.461 e. The molecule has 0 aliphatic carbocycles. The Morgan fingerprint density at radius 3 is 2.35 bits per heavy atom. The first-order valence-corrected chi connectivity index (χ1v) is 10.6. The van der Waals surface area contributed by atoms with E-state index in [1.165, 1.54) is 12.8 Å². The summed E-state index contributed by atoms with van der Waals surface area (Å²) in [6, 6.07) is -0.600. The zero-order chi connectivity index (χ0) is 19.5. The molecule has 0 radical (unpaired) electrons. The Hall–Kier alpha value is -1.10. The number of nitrogens with two attached hydrogens (primary N) is 1. The molecule has 0 aromatic carbocycles. The average molecular weight is 370 g/mol. The molecule has 5 nitrogen and oxygen atoms in total. The first-order valence-electron chi connectivity index (χ1n) is 10.6. The number of unbranched alkanes of at least 4 members (excludes halogenated alkanes) is 5. The summed E-state index contributed by atoms with van der Waals surface area (Å²) in [6.45, 7) is 8.16. The Bertz CT molecular complexity index is 424. The summed E-state index contributed by atoms with van der Waals surface area (Å²) in [5.41, 5.74) is 5.92. The second kappa shape index (κ2) is 12.3. The fourth-order valence-corrected chi connectivity index (χ4v) is 3.33. The standard InChI is InChI=1S/C21H39NO4/c1-5-7-9-11-13-17-18(26-20(17)23)14-16(12-10-8-6-2)25-21(24)19(22)15(3)4/h15-19H,5-14,22H2,1-4H3/t16-,17-,18-,19?/m0/s1. The third-order valence-electron chi connectivity index (χ3n) is 5.29. The molecule has 1 aliphatic rings. The van der Waals surface area contributed by atoms with Crippen molar-refractivity contribution in [1.82, 2.24) is 0 Å². The molecule has 1 heterocycles. The molecule has 1 saturated heterocycles. The summed E-state index contributed by atoms with van der Waals surface area (Å²) in [5, 5.41) is 0. The molecule has 1 rings (SSSR count). The lowest BCUT2D eigenvalue weighted by molar-refractivity contribution is -0.190. The SMILES string of the molecule is CCCCCC[C@@H]1C(=O)O[C@H]1C[C@H](CCCCC)OC(=O)C(N)C(C)C. The molecule has 2 N–H and O–H groups in total. The van der Waals surface area contributed by atoms with Crippen LogP contribution in [0.1, 0.15) is 91.9 Å². The predicted molar refractivity (Wildman–Crippen MR) is 104 cm³/mol. The highest BCUT2D eigenvalue weighted by Crippen LogP contribution is 2.32. The lowest BCUT2D eigenvalue weighted by Gasteiger charge is -2.37. The summed E-state index contributed by atoms with van der Waals surface area (Å²) in [6.07, 6.45) is 9.80. The van der Waals surface area contributed by atoms with Gasteiger partial charge < -0.3 is 15.2 Å². The van der Waals surface area contributed by atoms with Crippen molar-refractivity contribution < 1.29 is 19.1 Å². The van der Waals surface area contributed by atoms with Crippen LogP contribution in [0.3, 0.4) is 0 Å². The van der Waals surface area contributed by atoms with Crippen molar-refractivity contribution in [2.75, 3.05) is 0 Å². The van der Waals surface area contributed by atoms with Crippen molar-refractivity contribution in [1.29, 1.82) is 0 Å². The molecule has 0 aromatic rings. The molecule has 0 saturated carbocycles. The number of carbonyl (C=O) groups excluding carboxylic acids is 2. The Kier molecular flexibility index (Phi) is 10.9. The fourth-order valence-electron chi connectivity index (χ4n) is 3.33. The van der Waals surface area contributed by atoms with Crippen LogP contribution >= 0.6 is 0 Å². The average Bonchev–Trinajstić information content (AvgIpc) is 2.60. The number of hydrogen-bond donors (Lipinski definition) is 1. The summed E-state index contributed by atoms with van der Waals surface area (Å²) < 4.78 is 11.1. The van der Waals surface area contributed by atoms with Crippen LogP contribution in [0.15, 0.2) is 0 Å². The van der Waals surface area contributed by atoms with Crippen LogP contribution in [0.4, 0.5) is 0 Å². The molecular formula is C21H39NO4. The third-order valence-corrected chi connectivity index (χ3v) is 5.29. The van der Waals surface area contributed by atoms with Crippen LogP contribution in [0, 0.1) is 11.8 Å². The maximum absolute atomic E-state index is 12.3. The number of ether oxygens (including phenoxy) is 2. The van der Waals surface area contributed by atoms with Gasteiger partial charge in [0.2, 0.25) is 0 Å². The van der Waals surface area contributed by atoms with Crippen molar-refractivity contribution in [3.05, 3.63) is 0 Å². The van der Waals surface area contributed by atoms with Crippen molar-refractivity contribution >= 4 is 11.9 Å². The number of esters is 2. The van der Waals surface area contributed by atoms with Gasteiger partial charge in [0.25, 0.3) is 0 Å². The molecule has 0 spiro atoms. The van der Waals surface area contributed by atoms with Crippen molar-refractivity contribution in [3.63, 3.8) is 0 Å². The van der Waals surface area contributed by atoms with Crippen molar-refractivity contribution in [3.8, 4) is 0 Å². The Morgan fingerprint density at radius 1 is 1.12 bits per heavy atom. The van der Waals surface area contributed by atoms with E-state index >= 15 is 0 Å². The van der Waals surface area contributed by atoms with Gasteiger partial charge in [0.1, 0.15) is 18.2 Å². The van der Waals surface area contributed by atoms with Crippen LogP contribution in [-0.2, 0) is 19.1 Å². The minimum atomic E-state index is -0.600. The van der Waals surface area contributed by atoms with Gasteiger partial charge in [-0.15, -0.1) is 0 Å². The first kappa shape index (κ1) is 22.9. The number of cyclic esters (lactones) is 1. The van der Waals surface area contributed by atoms with Gasteiger partial charge in [-0.3, -0.25) is 9.59 Å². The van der Waals surface area contributed by atoms with Crippen LogP contribution in [-0.4, -0.2) is 30.2 Å². The van der Waals surface area contributed by atoms with Crippen LogP contribution in [0.25, 0.3) is 0 Å². The zero-order valence-electron chi connectivity index (χ0n) is 17.2. The molecule has 4 atom stereocenters. The Labute approximate surface area is 159 Å². The van der Waals surface area contributed by atoms with E-state index in [2.05, 4.69) is 13.8 Å². The van der Waals surface area contributed by atoms with Gasteiger partial charge in [-0.2, -0.15) is 0 Å². The topological polar surface area (TPSA) is 78.6 Å². The van der Waals surface area contributed by atoms with Crippen molar-refractivity contribution in [2.24, 2.45) is 17.6 Å². The van der Waals surface area contributed by atoms with Gasteiger partial charge in [0, 0.05) is 6.42 Å².